The zero-order valence-corrected chi connectivity index (χ0v) is 10.0. The van der Waals surface area contributed by atoms with E-state index in [-0.39, 0.29) is 12.5 Å². The van der Waals surface area contributed by atoms with Gasteiger partial charge in [-0.15, -0.1) is 0 Å². The summed E-state index contributed by atoms with van der Waals surface area (Å²) in [7, 11) is 0. The summed E-state index contributed by atoms with van der Waals surface area (Å²) >= 11 is 0. The Kier molecular flexibility index (Phi) is 10.4. The molecule has 0 saturated heterocycles. The van der Waals surface area contributed by atoms with Crippen LogP contribution in [0.2, 0.25) is 0 Å². The van der Waals surface area contributed by atoms with Crippen LogP contribution in [0.25, 0.3) is 0 Å². The average molecular weight is 232 g/mol. The van der Waals surface area contributed by atoms with Gasteiger partial charge in [-0.2, -0.15) is 0 Å². The smallest absolute Gasteiger partial charge is 0.304 e. The number of unbranched alkanes of at least 4 members (excludes halogenated alkanes) is 1. The van der Waals surface area contributed by atoms with Gasteiger partial charge < -0.3 is 20.8 Å². The number of carboxylic acids is 1. The van der Waals surface area contributed by atoms with Crippen LogP contribution in [-0.2, 0) is 4.79 Å². The molecule has 0 heterocycles. The number of carbonyl (C=O) groups is 1. The SMILES string of the molecule is CCCCC(O)CNCCNCCC(=O)O. The molecule has 0 aliphatic heterocycles. The highest BCUT2D eigenvalue weighted by Crippen LogP contribution is 1.98. The minimum Gasteiger partial charge on any atom is -0.481 e. The lowest BCUT2D eigenvalue weighted by atomic mass is 10.1. The standard InChI is InChI=1S/C11H24N2O3/c1-2-3-4-10(14)9-13-8-7-12-6-5-11(15)16/h10,12-14H,2-9H2,1H3,(H,15,16). The fraction of sp³-hybridized carbons (Fsp3) is 0.909. The zero-order chi connectivity index (χ0) is 12.2. The van der Waals surface area contributed by atoms with Crippen LogP contribution in [-0.4, -0.2) is 48.5 Å². The van der Waals surface area contributed by atoms with Gasteiger partial charge in [0, 0.05) is 26.2 Å². The number of hydrogen-bond donors (Lipinski definition) is 4. The summed E-state index contributed by atoms with van der Waals surface area (Å²) in [4.78, 5) is 10.2. The van der Waals surface area contributed by atoms with Gasteiger partial charge in [0.15, 0.2) is 0 Å². The van der Waals surface area contributed by atoms with Crippen molar-refractivity contribution in [2.45, 2.75) is 38.7 Å². The third-order valence-corrected chi connectivity index (χ3v) is 2.27. The number of carboxylic acid groups (broad SMARTS) is 1. The van der Waals surface area contributed by atoms with E-state index in [1.807, 2.05) is 0 Å². The van der Waals surface area contributed by atoms with Crippen molar-refractivity contribution in [1.29, 1.82) is 0 Å². The predicted molar refractivity (Wildman–Crippen MR) is 63.5 cm³/mol. The van der Waals surface area contributed by atoms with Crippen molar-refractivity contribution in [1.82, 2.24) is 10.6 Å². The molecule has 0 bridgehead atoms. The topological polar surface area (TPSA) is 81.6 Å². The molecule has 4 N–H and O–H groups in total. The number of aliphatic carboxylic acids is 1. The summed E-state index contributed by atoms with van der Waals surface area (Å²) in [5.41, 5.74) is 0. The van der Waals surface area contributed by atoms with Crippen molar-refractivity contribution in [2.24, 2.45) is 0 Å². The van der Waals surface area contributed by atoms with Crippen molar-refractivity contribution in [3.63, 3.8) is 0 Å². The van der Waals surface area contributed by atoms with Crippen LogP contribution >= 0.6 is 0 Å². The van der Waals surface area contributed by atoms with Gasteiger partial charge in [0.1, 0.15) is 0 Å². The highest BCUT2D eigenvalue weighted by atomic mass is 16.4. The number of rotatable bonds is 11. The van der Waals surface area contributed by atoms with Gasteiger partial charge in [-0.3, -0.25) is 4.79 Å². The molecule has 5 nitrogen and oxygen atoms in total. The van der Waals surface area contributed by atoms with E-state index in [4.69, 9.17) is 5.11 Å². The summed E-state index contributed by atoms with van der Waals surface area (Å²) in [5.74, 6) is -0.782. The van der Waals surface area contributed by atoms with E-state index in [0.29, 0.717) is 13.1 Å². The molecule has 0 radical (unpaired) electrons. The maximum atomic E-state index is 10.2. The van der Waals surface area contributed by atoms with Gasteiger partial charge in [0.2, 0.25) is 0 Å². The van der Waals surface area contributed by atoms with Crippen LogP contribution in [0.15, 0.2) is 0 Å². The van der Waals surface area contributed by atoms with Crippen LogP contribution in [0.3, 0.4) is 0 Å². The van der Waals surface area contributed by atoms with E-state index < -0.39 is 5.97 Å². The lowest BCUT2D eigenvalue weighted by Gasteiger charge is -2.11. The Hall–Kier alpha value is -0.650. The second-order valence-corrected chi connectivity index (χ2v) is 3.89. The molecule has 1 atom stereocenters. The molecule has 0 fully saturated rings. The van der Waals surface area contributed by atoms with Gasteiger partial charge in [0.05, 0.1) is 12.5 Å². The monoisotopic (exact) mass is 232 g/mol. The molecule has 0 spiro atoms. The molecular formula is C11H24N2O3. The first-order valence-corrected chi connectivity index (χ1v) is 5.98. The second kappa shape index (κ2) is 10.9. The molecule has 0 aromatic heterocycles. The summed E-state index contributed by atoms with van der Waals surface area (Å²) in [6.07, 6.45) is 2.89. The average Bonchev–Trinajstić information content (AvgIpc) is 2.24. The fourth-order valence-electron chi connectivity index (χ4n) is 1.31. The highest BCUT2D eigenvalue weighted by molar-refractivity contribution is 5.66. The van der Waals surface area contributed by atoms with Crippen molar-refractivity contribution in [3.8, 4) is 0 Å². The van der Waals surface area contributed by atoms with Crippen molar-refractivity contribution in [2.75, 3.05) is 26.2 Å². The number of aliphatic hydroxyl groups is 1. The quantitative estimate of drug-likeness (QED) is 0.382. The first-order valence-electron chi connectivity index (χ1n) is 5.98. The molecule has 0 aliphatic carbocycles. The van der Waals surface area contributed by atoms with Crippen LogP contribution < -0.4 is 10.6 Å². The Morgan fingerprint density at radius 3 is 2.56 bits per heavy atom. The van der Waals surface area contributed by atoms with E-state index >= 15 is 0 Å². The first kappa shape index (κ1) is 15.3. The van der Waals surface area contributed by atoms with Crippen LogP contribution in [0.1, 0.15) is 32.6 Å². The molecule has 96 valence electrons. The van der Waals surface area contributed by atoms with E-state index in [1.165, 1.54) is 0 Å². The molecule has 0 amide bonds. The lowest BCUT2D eigenvalue weighted by molar-refractivity contribution is -0.136. The third kappa shape index (κ3) is 11.4. The van der Waals surface area contributed by atoms with E-state index in [9.17, 15) is 9.90 Å². The van der Waals surface area contributed by atoms with Gasteiger partial charge in [-0.05, 0) is 6.42 Å². The molecule has 0 saturated carbocycles. The predicted octanol–water partition coefficient (Wildman–Crippen LogP) is 0.191. The molecule has 0 rings (SSSR count). The molecular weight excluding hydrogens is 208 g/mol. The van der Waals surface area contributed by atoms with Crippen LogP contribution in [0.4, 0.5) is 0 Å². The summed E-state index contributed by atoms with van der Waals surface area (Å²) in [5, 5.41) is 24.0. The second-order valence-electron chi connectivity index (χ2n) is 3.89. The van der Waals surface area contributed by atoms with Gasteiger partial charge in [-0.1, -0.05) is 19.8 Å². The van der Waals surface area contributed by atoms with Gasteiger partial charge >= 0.3 is 5.97 Å². The molecule has 0 aliphatic rings. The number of hydrogen-bond acceptors (Lipinski definition) is 4. The Bertz CT molecular complexity index is 177. The number of aliphatic hydroxyl groups excluding tert-OH is 1. The van der Waals surface area contributed by atoms with Crippen LogP contribution in [0, 0.1) is 0 Å². The normalized spacial score (nSPS) is 12.6. The first-order chi connectivity index (χ1) is 7.66. The zero-order valence-electron chi connectivity index (χ0n) is 10.0. The Morgan fingerprint density at radius 2 is 1.94 bits per heavy atom. The summed E-state index contributed by atoms with van der Waals surface area (Å²) in [6.45, 7) is 4.69. The summed E-state index contributed by atoms with van der Waals surface area (Å²) in [6, 6.07) is 0. The molecule has 0 aromatic carbocycles. The van der Waals surface area contributed by atoms with E-state index in [1.54, 1.807) is 0 Å². The molecule has 5 heteroatoms. The maximum Gasteiger partial charge on any atom is 0.304 e. The van der Waals surface area contributed by atoms with E-state index in [2.05, 4.69) is 17.6 Å². The largest absolute Gasteiger partial charge is 0.481 e. The highest BCUT2D eigenvalue weighted by Gasteiger charge is 2.01. The molecule has 0 aromatic rings. The Labute approximate surface area is 97.2 Å². The van der Waals surface area contributed by atoms with Crippen molar-refractivity contribution >= 4 is 5.97 Å². The molecule has 16 heavy (non-hydrogen) atoms. The van der Waals surface area contributed by atoms with Gasteiger partial charge in [-0.25, -0.2) is 0 Å². The van der Waals surface area contributed by atoms with Crippen molar-refractivity contribution in [3.05, 3.63) is 0 Å². The lowest BCUT2D eigenvalue weighted by Crippen LogP contribution is -2.33. The minimum atomic E-state index is -0.782. The maximum absolute atomic E-state index is 10.2. The minimum absolute atomic E-state index is 0.152. The third-order valence-electron chi connectivity index (χ3n) is 2.27. The fourth-order valence-corrected chi connectivity index (χ4v) is 1.31. The summed E-state index contributed by atoms with van der Waals surface area (Å²) < 4.78 is 0. The number of nitrogens with one attached hydrogen (secondary N) is 2. The van der Waals surface area contributed by atoms with Crippen LogP contribution in [0.5, 0.6) is 0 Å². The Balaban J connectivity index is 3.11. The Morgan fingerprint density at radius 1 is 1.25 bits per heavy atom. The molecule has 1 unspecified atom stereocenters. The van der Waals surface area contributed by atoms with Crippen molar-refractivity contribution < 1.29 is 15.0 Å². The van der Waals surface area contributed by atoms with E-state index in [0.717, 1.165) is 32.4 Å². The van der Waals surface area contributed by atoms with Gasteiger partial charge in [0.25, 0.3) is 0 Å².